The molecule has 1 saturated heterocycles. The second-order valence-corrected chi connectivity index (χ2v) is 7.07. The van der Waals surface area contributed by atoms with Crippen molar-refractivity contribution >= 4 is 5.82 Å². The summed E-state index contributed by atoms with van der Waals surface area (Å²) in [5.74, 6) is 0.746. The van der Waals surface area contributed by atoms with Crippen LogP contribution in [0, 0.1) is 25.2 Å². The largest absolute Gasteiger partial charge is 0.351 e. The fourth-order valence-electron chi connectivity index (χ4n) is 3.67. The van der Waals surface area contributed by atoms with Gasteiger partial charge in [0.2, 0.25) is 0 Å². The van der Waals surface area contributed by atoms with Crippen molar-refractivity contribution in [1.29, 1.82) is 5.26 Å². The van der Waals surface area contributed by atoms with Crippen LogP contribution in [0.1, 0.15) is 42.1 Å². The number of anilines is 1. The zero-order valence-electron chi connectivity index (χ0n) is 15.9. The highest BCUT2D eigenvalue weighted by Gasteiger charge is 2.29. The van der Waals surface area contributed by atoms with Gasteiger partial charge in [-0.25, -0.2) is 0 Å². The first-order chi connectivity index (χ1) is 12.6. The molecule has 1 aromatic heterocycles. The van der Waals surface area contributed by atoms with Crippen molar-refractivity contribution in [2.45, 2.75) is 46.2 Å². The molecule has 0 amide bonds. The summed E-state index contributed by atoms with van der Waals surface area (Å²) in [4.78, 5) is 4.82. The maximum Gasteiger partial charge on any atom is 0.169 e. The van der Waals surface area contributed by atoms with Gasteiger partial charge in [-0.05, 0) is 31.4 Å². The summed E-state index contributed by atoms with van der Waals surface area (Å²) in [6, 6.07) is 13.5. The van der Waals surface area contributed by atoms with Crippen molar-refractivity contribution in [3.8, 4) is 6.07 Å². The van der Waals surface area contributed by atoms with E-state index in [1.54, 1.807) is 0 Å². The first-order valence-corrected chi connectivity index (χ1v) is 9.41. The lowest BCUT2D eigenvalue weighted by atomic mass is 10.0. The van der Waals surface area contributed by atoms with Crippen LogP contribution in [0.2, 0.25) is 0 Å². The summed E-state index contributed by atoms with van der Waals surface area (Å²) >= 11 is 0. The topological polar surface area (TPSA) is 56.1 Å². The maximum atomic E-state index is 9.62. The fraction of sp³-hybridized carbons (Fsp3) is 0.476. The Kier molecular flexibility index (Phi) is 5.85. The Morgan fingerprint density at radius 1 is 1.15 bits per heavy atom. The summed E-state index contributed by atoms with van der Waals surface area (Å²) in [5.41, 5.74) is 3.80. The molecule has 1 unspecified atom stereocenters. The summed E-state index contributed by atoms with van der Waals surface area (Å²) < 4.78 is 0. The van der Waals surface area contributed by atoms with E-state index < -0.39 is 0 Å². The van der Waals surface area contributed by atoms with Crippen molar-refractivity contribution in [1.82, 2.24) is 15.1 Å². The van der Waals surface area contributed by atoms with Gasteiger partial charge in [-0.15, -0.1) is 5.10 Å². The highest BCUT2D eigenvalue weighted by molar-refractivity contribution is 5.57. The molecule has 3 rings (SSSR count). The van der Waals surface area contributed by atoms with E-state index in [2.05, 4.69) is 63.3 Å². The van der Waals surface area contributed by atoms with E-state index in [9.17, 15) is 5.26 Å². The monoisotopic (exact) mass is 349 g/mol. The van der Waals surface area contributed by atoms with E-state index in [0.29, 0.717) is 11.6 Å². The Labute approximate surface area is 156 Å². The van der Waals surface area contributed by atoms with Gasteiger partial charge in [0.05, 0.1) is 5.69 Å². The van der Waals surface area contributed by atoms with Crippen LogP contribution in [0.3, 0.4) is 0 Å². The average Bonchev–Trinajstić information content (AvgIpc) is 2.66. The molecule has 2 aromatic rings. The van der Waals surface area contributed by atoms with Crippen LogP contribution < -0.4 is 4.90 Å². The van der Waals surface area contributed by atoms with Crippen molar-refractivity contribution in [3.05, 3.63) is 52.7 Å². The number of nitrogens with zero attached hydrogens (tertiary/aromatic N) is 5. The Morgan fingerprint density at radius 3 is 2.62 bits per heavy atom. The molecular formula is C21H27N5. The number of hydrogen-bond acceptors (Lipinski definition) is 5. The van der Waals surface area contributed by atoms with Crippen LogP contribution in [-0.4, -0.2) is 40.8 Å². The van der Waals surface area contributed by atoms with Gasteiger partial charge in [0.15, 0.2) is 5.82 Å². The molecule has 1 aliphatic heterocycles. The van der Waals surface area contributed by atoms with Crippen LogP contribution in [0.4, 0.5) is 5.82 Å². The van der Waals surface area contributed by atoms with E-state index in [0.717, 1.165) is 56.1 Å². The van der Waals surface area contributed by atoms with Crippen molar-refractivity contribution < 1.29 is 0 Å². The third kappa shape index (κ3) is 3.86. The summed E-state index contributed by atoms with van der Waals surface area (Å²) in [6.45, 7) is 9.82. The fourth-order valence-corrected chi connectivity index (χ4v) is 3.67. The van der Waals surface area contributed by atoms with Crippen molar-refractivity contribution in [2.75, 3.05) is 24.5 Å². The minimum atomic E-state index is 0.462. The summed E-state index contributed by atoms with van der Waals surface area (Å²) in [6.07, 6.45) is 2.29. The van der Waals surface area contributed by atoms with Gasteiger partial charge in [0, 0.05) is 32.2 Å². The lowest BCUT2D eigenvalue weighted by molar-refractivity contribution is 0.158. The molecule has 0 N–H and O–H groups in total. The van der Waals surface area contributed by atoms with Crippen LogP contribution in [-0.2, 0) is 6.54 Å². The van der Waals surface area contributed by atoms with Gasteiger partial charge in [-0.2, -0.15) is 10.4 Å². The zero-order valence-corrected chi connectivity index (χ0v) is 15.9. The maximum absolute atomic E-state index is 9.62. The molecule has 26 heavy (non-hydrogen) atoms. The Balaban J connectivity index is 1.80. The molecule has 0 spiro atoms. The molecule has 0 aliphatic carbocycles. The molecule has 5 nitrogen and oxygen atoms in total. The van der Waals surface area contributed by atoms with Gasteiger partial charge < -0.3 is 4.90 Å². The van der Waals surface area contributed by atoms with Gasteiger partial charge in [0.1, 0.15) is 11.6 Å². The second kappa shape index (κ2) is 8.29. The molecular weight excluding hydrogens is 322 g/mol. The lowest BCUT2D eigenvalue weighted by Gasteiger charge is -2.42. The normalized spacial score (nSPS) is 17.9. The molecule has 2 heterocycles. The Morgan fingerprint density at radius 2 is 1.92 bits per heavy atom. The number of nitriles is 1. The Hall–Kier alpha value is -2.45. The third-order valence-corrected chi connectivity index (χ3v) is 5.30. The molecule has 5 heteroatoms. The lowest BCUT2D eigenvalue weighted by Crippen LogP contribution is -2.53. The number of hydrogen-bond donors (Lipinski definition) is 0. The SMILES string of the molecule is CCCC1CN(c2nnc(C)c(C)c2C#N)CCN1Cc1ccccc1. The predicted octanol–water partition coefficient (Wildman–Crippen LogP) is 3.46. The molecule has 0 bridgehead atoms. The predicted molar refractivity (Wildman–Crippen MR) is 104 cm³/mol. The van der Waals surface area contributed by atoms with E-state index in [1.807, 2.05) is 13.8 Å². The molecule has 1 aromatic carbocycles. The first-order valence-electron chi connectivity index (χ1n) is 9.41. The van der Waals surface area contributed by atoms with Crippen molar-refractivity contribution in [2.24, 2.45) is 0 Å². The minimum absolute atomic E-state index is 0.462. The highest BCUT2D eigenvalue weighted by Crippen LogP contribution is 2.26. The summed E-state index contributed by atoms with van der Waals surface area (Å²) in [5, 5.41) is 18.3. The highest BCUT2D eigenvalue weighted by atomic mass is 15.3. The van der Waals surface area contributed by atoms with Crippen LogP contribution in [0.15, 0.2) is 30.3 Å². The minimum Gasteiger partial charge on any atom is -0.351 e. The molecule has 136 valence electrons. The summed E-state index contributed by atoms with van der Waals surface area (Å²) in [7, 11) is 0. The number of piperazine rings is 1. The Bertz CT molecular complexity index is 781. The number of aromatic nitrogens is 2. The smallest absolute Gasteiger partial charge is 0.169 e. The van der Waals surface area contributed by atoms with Gasteiger partial charge in [-0.1, -0.05) is 43.7 Å². The quantitative estimate of drug-likeness (QED) is 0.827. The molecule has 1 fully saturated rings. The second-order valence-electron chi connectivity index (χ2n) is 7.07. The average molecular weight is 349 g/mol. The number of rotatable bonds is 5. The van der Waals surface area contributed by atoms with Crippen molar-refractivity contribution in [3.63, 3.8) is 0 Å². The van der Waals surface area contributed by atoms with Gasteiger partial charge in [-0.3, -0.25) is 4.90 Å². The molecule has 1 atom stereocenters. The van der Waals surface area contributed by atoms with E-state index in [1.165, 1.54) is 5.56 Å². The molecule has 1 aliphatic rings. The van der Waals surface area contributed by atoms with Crippen LogP contribution in [0.25, 0.3) is 0 Å². The zero-order chi connectivity index (χ0) is 18.5. The van der Waals surface area contributed by atoms with Gasteiger partial charge >= 0.3 is 0 Å². The first kappa shape index (κ1) is 18.3. The number of aryl methyl sites for hydroxylation is 1. The van der Waals surface area contributed by atoms with E-state index in [4.69, 9.17) is 0 Å². The molecule has 0 radical (unpaired) electrons. The third-order valence-electron chi connectivity index (χ3n) is 5.30. The van der Waals surface area contributed by atoms with Crippen LogP contribution in [0.5, 0.6) is 0 Å². The standard InChI is InChI=1S/C21H27N5/c1-4-8-19-15-26(21-20(13-22)16(2)17(3)23-24-21)12-11-25(19)14-18-9-6-5-7-10-18/h5-7,9-10,19H,4,8,11-12,14-15H2,1-3H3. The number of benzene rings is 1. The van der Waals surface area contributed by atoms with Gasteiger partial charge in [0.25, 0.3) is 0 Å². The van der Waals surface area contributed by atoms with Crippen LogP contribution >= 0.6 is 0 Å². The molecule has 0 saturated carbocycles. The van der Waals surface area contributed by atoms with E-state index >= 15 is 0 Å². The van der Waals surface area contributed by atoms with E-state index in [-0.39, 0.29) is 0 Å².